The van der Waals surface area contributed by atoms with Crippen molar-refractivity contribution in [3.05, 3.63) is 70.1 Å². The number of carbonyl (C=O) groups is 2. The third-order valence-electron chi connectivity index (χ3n) is 6.32. The molecule has 36 heavy (non-hydrogen) atoms. The minimum atomic E-state index is -0.604. The average Bonchev–Trinajstić information content (AvgIpc) is 3.14. The number of hydrogen-bond acceptors (Lipinski definition) is 5. The number of ether oxygens (including phenoxy) is 2. The molecule has 0 saturated carbocycles. The van der Waals surface area contributed by atoms with E-state index in [1.54, 1.807) is 21.4 Å². The summed E-state index contributed by atoms with van der Waals surface area (Å²) in [6.45, 7) is 6.75. The van der Waals surface area contributed by atoms with Crippen molar-refractivity contribution in [3.63, 3.8) is 0 Å². The molecule has 192 valence electrons. The highest BCUT2D eigenvalue weighted by molar-refractivity contribution is 5.79. The summed E-state index contributed by atoms with van der Waals surface area (Å²) in [6.07, 6.45) is 0.426. The average molecular weight is 495 g/mol. The van der Waals surface area contributed by atoms with Crippen molar-refractivity contribution in [2.45, 2.75) is 51.9 Å². The predicted molar refractivity (Wildman–Crippen MR) is 137 cm³/mol. The highest BCUT2D eigenvalue weighted by atomic mass is 16.6. The Morgan fingerprint density at radius 1 is 1.03 bits per heavy atom. The Hall–Kier alpha value is -3.75. The fourth-order valence-electron chi connectivity index (χ4n) is 4.55. The number of rotatable bonds is 5. The van der Waals surface area contributed by atoms with Crippen LogP contribution in [0, 0.1) is 0 Å². The molecular weight excluding hydrogens is 460 g/mol. The van der Waals surface area contributed by atoms with E-state index in [9.17, 15) is 14.4 Å². The third kappa shape index (κ3) is 5.90. The Kier molecular flexibility index (Phi) is 7.37. The van der Waals surface area contributed by atoms with Gasteiger partial charge in [0.15, 0.2) is 0 Å². The predicted octanol–water partition coefficient (Wildman–Crippen LogP) is 4.06. The molecule has 1 aliphatic heterocycles. The van der Waals surface area contributed by atoms with E-state index in [1.165, 1.54) is 0 Å². The van der Waals surface area contributed by atoms with Crippen LogP contribution in [0.15, 0.2) is 53.3 Å². The molecule has 2 amide bonds. The van der Waals surface area contributed by atoms with Gasteiger partial charge in [-0.15, -0.1) is 0 Å². The quantitative estimate of drug-likeness (QED) is 0.577. The number of para-hydroxylation sites is 1. The van der Waals surface area contributed by atoms with Crippen molar-refractivity contribution in [3.8, 4) is 0 Å². The molecule has 2 aromatic carbocycles. The summed E-state index contributed by atoms with van der Waals surface area (Å²) in [5.74, 6) is 0. The number of benzene rings is 2. The van der Waals surface area contributed by atoms with Crippen molar-refractivity contribution in [1.29, 1.82) is 0 Å². The van der Waals surface area contributed by atoms with Gasteiger partial charge in [-0.1, -0.05) is 42.5 Å². The maximum absolute atomic E-state index is 13.1. The van der Waals surface area contributed by atoms with Crippen molar-refractivity contribution in [2.75, 3.05) is 19.6 Å². The number of carbonyl (C=O) groups excluding carboxylic acids is 2. The first-order valence-corrected chi connectivity index (χ1v) is 12.2. The van der Waals surface area contributed by atoms with Crippen LogP contribution in [0.4, 0.5) is 9.59 Å². The number of fused-ring (bicyclic) bond motifs is 1. The molecule has 1 aliphatic rings. The molecule has 0 radical (unpaired) electrons. The summed E-state index contributed by atoms with van der Waals surface area (Å²) < 4.78 is 12.8. The molecule has 0 spiro atoms. The number of hydrogen-bond donors (Lipinski definition) is 1. The number of amides is 2. The summed E-state index contributed by atoms with van der Waals surface area (Å²) >= 11 is 0. The Balaban J connectivity index is 1.51. The molecule has 2 heterocycles. The zero-order valence-electron chi connectivity index (χ0n) is 21.3. The molecule has 4 rings (SSSR count). The van der Waals surface area contributed by atoms with Crippen LogP contribution < -0.4 is 5.69 Å². The molecule has 0 aliphatic carbocycles. The van der Waals surface area contributed by atoms with Crippen LogP contribution in [0.25, 0.3) is 11.0 Å². The number of aromatic nitrogens is 2. The third-order valence-corrected chi connectivity index (χ3v) is 6.32. The number of aryl methyl sites for hydroxylation is 2. The maximum atomic E-state index is 13.1. The smallest absolute Gasteiger partial charge is 0.410 e. The summed E-state index contributed by atoms with van der Waals surface area (Å²) in [6, 6.07) is 15.0. The molecule has 1 saturated heterocycles. The second-order valence-electron chi connectivity index (χ2n) is 10.2. The van der Waals surface area contributed by atoms with Gasteiger partial charge in [-0.05, 0) is 50.8 Å². The standard InChI is InChI=1S/C27H34N4O5/c1-27(2,3)36-25(33)30-15-16-31(26(34)35-18-19-9-6-5-7-10-19)21(17-30)14-13-20-11-8-12-22-23(20)29(4)24(32)28-22/h5-12,21H,13-18H2,1-4H3,(H,28,32)/t21-/m1/s1. The van der Waals surface area contributed by atoms with Crippen molar-refractivity contribution < 1.29 is 19.1 Å². The summed E-state index contributed by atoms with van der Waals surface area (Å²) in [4.78, 5) is 44.2. The second-order valence-corrected chi connectivity index (χ2v) is 10.2. The van der Waals surface area contributed by atoms with Crippen molar-refractivity contribution >= 4 is 23.2 Å². The Bertz CT molecular complexity index is 1270. The molecule has 1 N–H and O–H groups in total. The largest absolute Gasteiger partial charge is 0.445 e. The Morgan fingerprint density at radius 2 is 1.78 bits per heavy atom. The maximum Gasteiger partial charge on any atom is 0.410 e. The fourth-order valence-corrected chi connectivity index (χ4v) is 4.55. The Labute approximate surface area is 210 Å². The van der Waals surface area contributed by atoms with Crippen LogP contribution >= 0.6 is 0 Å². The molecule has 1 atom stereocenters. The first-order valence-electron chi connectivity index (χ1n) is 12.2. The van der Waals surface area contributed by atoms with Gasteiger partial charge in [0.1, 0.15) is 12.2 Å². The number of piperazine rings is 1. The van der Waals surface area contributed by atoms with E-state index in [4.69, 9.17) is 9.47 Å². The van der Waals surface area contributed by atoms with E-state index in [1.807, 2.05) is 69.3 Å². The van der Waals surface area contributed by atoms with Gasteiger partial charge in [-0.3, -0.25) is 4.57 Å². The Morgan fingerprint density at radius 3 is 2.50 bits per heavy atom. The minimum Gasteiger partial charge on any atom is -0.445 e. The first kappa shape index (κ1) is 25.3. The summed E-state index contributed by atoms with van der Waals surface area (Å²) in [5.41, 5.74) is 2.76. The number of aromatic amines is 1. The van der Waals surface area contributed by atoms with E-state index in [2.05, 4.69) is 4.98 Å². The molecule has 1 aromatic heterocycles. The fraction of sp³-hybridized carbons (Fsp3) is 0.444. The zero-order chi connectivity index (χ0) is 25.9. The van der Waals surface area contributed by atoms with Crippen LogP contribution in [0.5, 0.6) is 0 Å². The van der Waals surface area contributed by atoms with Crippen LogP contribution in [0.3, 0.4) is 0 Å². The van der Waals surface area contributed by atoms with E-state index in [0.29, 0.717) is 32.5 Å². The topological polar surface area (TPSA) is 96.9 Å². The molecule has 3 aromatic rings. The van der Waals surface area contributed by atoms with E-state index < -0.39 is 11.7 Å². The lowest BCUT2D eigenvalue weighted by Gasteiger charge is -2.41. The van der Waals surface area contributed by atoms with Crippen LogP contribution in [0.1, 0.15) is 38.3 Å². The highest BCUT2D eigenvalue weighted by Gasteiger charge is 2.35. The monoisotopic (exact) mass is 494 g/mol. The molecule has 9 heteroatoms. The van der Waals surface area contributed by atoms with Crippen molar-refractivity contribution in [2.24, 2.45) is 7.05 Å². The first-order chi connectivity index (χ1) is 17.1. The lowest BCUT2D eigenvalue weighted by Crippen LogP contribution is -2.57. The molecule has 0 bridgehead atoms. The van der Waals surface area contributed by atoms with Gasteiger partial charge in [-0.2, -0.15) is 0 Å². The van der Waals surface area contributed by atoms with Gasteiger partial charge in [0.25, 0.3) is 0 Å². The number of H-pyrrole nitrogens is 1. The van der Waals surface area contributed by atoms with Crippen LogP contribution in [-0.2, 0) is 29.5 Å². The van der Waals surface area contributed by atoms with Crippen molar-refractivity contribution in [1.82, 2.24) is 19.4 Å². The van der Waals surface area contributed by atoms with E-state index in [-0.39, 0.29) is 24.4 Å². The van der Waals surface area contributed by atoms with E-state index >= 15 is 0 Å². The van der Waals surface area contributed by atoms with Crippen LogP contribution in [-0.4, -0.2) is 62.8 Å². The van der Waals surface area contributed by atoms with Gasteiger partial charge in [0.2, 0.25) is 0 Å². The van der Waals surface area contributed by atoms with E-state index in [0.717, 1.165) is 22.2 Å². The SMILES string of the molecule is Cn1c(=O)[nH]c2cccc(CC[C@@H]3CN(C(=O)OC(C)(C)C)CCN3C(=O)OCc3ccccc3)c21. The highest BCUT2D eigenvalue weighted by Crippen LogP contribution is 2.22. The lowest BCUT2D eigenvalue weighted by atomic mass is 10.0. The summed E-state index contributed by atoms with van der Waals surface area (Å²) in [7, 11) is 1.74. The molecule has 9 nitrogen and oxygen atoms in total. The van der Waals surface area contributed by atoms with Gasteiger partial charge < -0.3 is 24.3 Å². The van der Waals surface area contributed by atoms with Gasteiger partial charge >= 0.3 is 17.9 Å². The number of imidazole rings is 1. The van der Waals surface area contributed by atoms with Crippen LogP contribution in [0.2, 0.25) is 0 Å². The summed E-state index contributed by atoms with van der Waals surface area (Å²) in [5, 5.41) is 0. The molecule has 1 fully saturated rings. The minimum absolute atomic E-state index is 0.169. The second kappa shape index (κ2) is 10.5. The number of nitrogens with one attached hydrogen (secondary N) is 1. The normalized spacial score (nSPS) is 16.3. The zero-order valence-corrected chi connectivity index (χ0v) is 21.3. The van der Waals surface area contributed by atoms with Gasteiger partial charge in [-0.25, -0.2) is 14.4 Å². The van der Waals surface area contributed by atoms with Gasteiger partial charge in [0.05, 0.1) is 17.1 Å². The lowest BCUT2D eigenvalue weighted by molar-refractivity contribution is 0.000191. The van der Waals surface area contributed by atoms with Gasteiger partial charge in [0, 0.05) is 26.7 Å². The number of nitrogens with zero attached hydrogens (tertiary/aromatic N) is 3. The molecular formula is C27H34N4O5. The molecule has 0 unspecified atom stereocenters.